The maximum atomic E-state index is 13.6. The van der Waals surface area contributed by atoms with Crippen LogP contribution in [-0.2, 0) is 0 Å². The fourth-order valence-electron chi connectivity index (χ4n) is 2.78. The van der Waals surface area contributed by atoms with E-state index in [9.17, 15) is 14.0 Å². The average molecular weight is 356 g/mol. The third-order valence-electron chi connectivity index (χ3n) is 3.88. The zero-order chi connectivity index (χ0) is 17.6. The Bertz CT molecular complexity index is 1160. The van der Waals surface area contributed by atoms with Gasteiger partial charge < -0.3 is 4.57 Å². The number of aromatic nitrogens is 4. The third-order valence-corrected chi connectivity index (χ3v) is 4.17. The molecule has 122 valence electrons. The molecule has 2 aromatic heterocycles. The van der Waals surface area contributed by atoms with E-state index in [-0.39, 0.29) is 5.69 Å². The molecule has 0 atom stereocenters. The van der Waals surface area contributed by atoms with Crippen molar-refractivity contribution in [2.45, 2.75) is 0 Å². The normalized spacial score (nSPS) is 11.0. The van der Waals surface area contributed by atoms with Crippen molar-refractivity contribution >= 4 is 22.5 Å². The van der Waals surface area contributed by atoms with Crippen molar-refractivity contribution in [2.24, 2.45) is 0 Å². The number of hydrogen-bond acceptors (Lipinski definition) is 3. The van der Waals surface area contributed by atoms with Crippen molar-refractivity contribution in [3.8, 4) is 23.0 Å². The molecule has 0 fully saturated rings. The first-order valence-electron chi connectivity index (χ1n) is 7.16. The first-order valence-corrected chi connectivity index (χ1v) is 7.54. The summed E-state index contributed by atoms with van der Waals surface area (Å²) >= 11 is 6.39. The van der Waals surface area contributed by atoms with Crippen LogP contribution in [-0.4, -0.2) is 20.0 Å². The lowest BCUT2D eigenvalue weighted by Gasteiger charge is -2.07. The molecule has 0 amide bonds. The average Bonchev–Trinajstić information content (AvgIpc) is 3.22. The molecule has 0 unspecified atom stereocenters. The number of nitrogens with zero attached hydrogens (tertiary/aromatic N) is 4. The molecule has 2 aromatic carbocycles. The molecule has 1 N–H and O–H groups in total. The van der Waals surface area contributed by atoms with Gasteiger partial charge in [-0.1, -0.05) is 28.9 Å². The third kappa shape index (κ3) is 2.35. The van der Waals surface area contributed by atoms with Crippen molar-refractivity contribution in [3.63, 3.8) is 0 Å². The highest BCUT2D eigenvalue weighted by Crippen LogP contribution is 2.36. The minimum Gasteiger partial charge on any atom is -0.315 e. The number of H-pyrrole nitrogens is 1. The molecule has 2 heterocycles. The van der Waals surface area contributed by atoms with Crippen LogP contribution in [0.2, 0.25) is 5.02 Å². The summed E-state index contributed by atoms with van der Waals surface area (Å²) in [6.07, 6.45) is 1.61. The van der Waals surface area contributed by atoms with Crippen LogP contribution in [0.4, 0.5) is 8.78 Å². The van der Waals surface area contributed by atoms with Gasteiger partial charge in [0.05, 0.1) is 10.5 Å². The molecule has 0 aliphatic heterocycles. The Kier molecular flexibility index (Phi) is 3.48. The van der Waals surface area contributed by atoms with E-state index in [0.29, 0.717) is 32.9 Å². The van der Waals surface area contributed by atoms with Gasteiger partial charge in [-0.2, -0.15) is 5.26 Å². The number of hydrogen-bond donors (Lipinski definition) is 1. The van der Waals surface area contributed by atoms with Crippen molar-refractivity contribution in [1.82, 2.24) is 20.0 Å². The summed E-state index contributed by atoms with van der Waals surface area (Å²) in [6, 6.07) is 10.9. The Morgan fingerprint density at radius 2 is 2.00 bits per heavy atom. The topological polar surface area (TPSA) is 70.3 Å². The summed E-state index contributed by atoms with van der Waals surface area (Å²) in [5.41, 5.74) is 2.30. The van der Waals surface area contributed by atoms with Gasteiger partial charge in [0.15, 0.2) is 17.3 Å². The lowest BCUT2D eigenvalue weighted by Crippen LogP contribution is -1.94. The quantitative estimate of drug-likeness (QED) is 0.585. The lowest BCUT2D eigenvalue weighted by atomic mass is 10.1. The van der Waals surface area contributed by atoms with E-state index < -0.39 is 11.6 Å². The highest BCUT2D eigenvalue weighted by molar-refractivity contribution is 6.37. The molecule has 4 rings (SSSR count). The summed E-state index contributed by atoms with van der Waals surface area (Å²) in [7, 11) is 0. The van der Waals surface area contributed by atoms with E-state index in [1.165, 1.54) is 6.07 Å². The number of rotatable bonds is 2. The molecule has 0 aliphatic rings. The molecule has 0 saturated carbocycles. The van der Waals surface area contributed by atoms with Gasteiger partial charge in [-0.05, 0) is 18.2 Å². The molecule has 0 aliphatic carbocycles. The summed E-state index contributed by atoms with van der Waals surface area (Å²) in [4.78, 5) is 0. The Morgan fingerprint density at radius 1 is 1.16 bits per heavy atom. The summed E-state index contributed by atoms with van der Waals surface area (Å²) in [5.74, 6) is -1.87. The molecular formula is C17H8ClF2N5. The van der Waals surface area contributed by atoms with Crippen LogP contribution in [0.5, 0.6) is 0 Å². The van der Waals surface area contributed by atoms with Crippen molar-refractivity contribution in [1.29, 1.82) is 5.26 Å². The van der Waals surface area contributed by atoms with E-state index in [4.69, 9.17) is 11.6 Å². The predicted molar refractivity (Wildman–Crippen MR) is 88.3 cm³/mol. The molecule has 4 aromatic rings. The van der Waals surface area contributed by atoms with Gasteiger partial charge >= 0.3 is 0 Å². The van der Waals surface area contributed by atoms with Crippen LogP contribution < -0.4 is 0 Å². The molecule has 0 saturated heterocycles. The second-order valence-electron chi connectivity index (χ2n) is 5.29. The van der Waals surface area contributed by atoms with Gasteiger partial charge in [-0.15, -0.1) is 5.10 Å². The second-order valence-corrected chi connectivity index (χ2v) is 5.70. The number of fused-ring (bicyclic) bond motifs is 1. The van der Waals surface area contributed by atoms with Crippen molar-refractivity contribution in [3.05, 3.63) is 64.9 Å². The number of benzene rings is 2. The Morgan fingerprint density at radius 3 is 2.76 bits per heavy atom. The summed E-state index contributed by atoms with van der Waals surface area (Å²) < 4.78 is 28.4. The van der Waals surface area contributed by atoms with Gasteiger partial charge in [0.25, 0.3) is 0 Å². The standard InChI is InChI=1S/C17H8ClF2N5/c18-11-8-25(9-4-5-12(19)13(20)6-9)15-3-1-2-10(16(11)15)17-14(7-21)22-24-23-17/h1-6,8H,(H,22,23,24). The molecule has 25 heavy (non-hydrogen) atoms. The molecular weight excluding hydrogens is 348 g/mol. The van der Waals surface area contributed by atoms with Crippen molar-refractivity contribution in [2.75, 3.05) is 0 Å². The highest BCUT2D eigenvalue weighted by Gasteiger charge is 2.18. The lowest BCUT2D eigenvalue weighted by molar-refractivity contribution is 0.508. The van der Waals surface area contributed by atoms with E-state index in [0.717, 1.165) is 12.1 Å². The minimum absolute atomic E-state index is 0.212. The van der Waals surface area contributed by atoms with E-state index in [1.54, 1.807) is 29.0 Å². The van der Waals surface area contributed by atoms with Crippen molar-refractivity contribution < 1.29 is 8.78 Å². The summed E-state index contributed by atoms with van der Waals surface area (Å²) in [5, 5.41) is 20.3. The smallest absolute Gasteiger partial charge is 0.163 e. The summed E-state index contributed by atoms with van der Waals surface area (Å²) in [6.45, 7) is 0. The van der Waals surface area contributed by atoms with E-state index >= 15 is 0 Å². The largest absolute Gasteiger partial charge is 0.315 e. The molecule has 0 spiro atoms. The first kappa shape index (κ1) is 15.3. The van der Waals surface area contributed by atoms with Crippen LogP contribution in [0.1, 0.15) is 5.69 Å². The fourth-order valence-corrected chi connectivity index (χ4v) is 3.08. The fraction of sp³-hybridized carbons (Fsp3) is 0. The number of nitriles is 1. The van der Waals surface area contributed by atoms with Crippen LogP contribution >= 0.6 is 11.6 Å². The maximum absolute atomic E-state index is 13.6. The number of halogens is 3. The van der Waals surface area contributed by atoms with Gasteiger partial charge in [0.2, 0.25) is 0 Å². The minimum atomic E-state index is -0.949. The number of nitrogens with one attached hydrogen (secondary N) is 1. The zero-order valence-electron chi connectivity index (χ0n) is 12.5. The molecule has 0 bridgehead atoms. The number of aromatic amines is 1. The Balaban J connectivity index is 2.00. The highest BCUT2D eigenvalue weighted by atomic mass is 35.5. The van der Waals surface area contributed by atoms with Gasteiger partial charge in [0.1, 0.15) is 11.8 Å². The zero-order valence-corrected chi connectivity index (χ0v) is 13.2. The molecule has 0 radical (unpaired) electrons. The van der Waals surface area contributed by atoms with Crippen LogP contribution in [0.3, 0.4) is 0 Å². The monoisotopic (exact) mass is 355 g/mol. The van der Waals surface area contributed by atoms with Gasteiger partial charge in [0, 0.05) is 28.9 Å². The van der Waals surface area contributed by atoms with Gasteiger partial charge in [-0.25, -0.2) is 13.9 Å². The maximum Gasteiger partial charge on any atom is 0.163 e. The van der Waals surface area contributed by atoms with Gasteiger partial charge in [-0.3, -0.25) is 0 Å². The second kappa shape index (κ2) is 5.69. The predicted octanol–water partition coefficient (Wildman–Crippen LogP) is 4.22. The van der Waals surface area contributed by atoms with E-state index in [1.807, 2.05) is 6.07 Å². The van der Waals surface area contributed by atoms with E-state index in [2.05, 4.69) is 15.4 Å². The Hall–Kier alpha value is -3.24. The molecule has 5 nitrogen and oxygen atoms in total. The van der Waals surface area contributed by atoms with Crippen LogP contribution in [0.15, 0.2) is 42.6 Å². The Labute approximate surface area is 145 Å². The first-order chi connectivity index (χ1) is 12.1. The van der Waals surface area contributed by atoms with Crippen LogP contribution in [0, 0.1) is 23.0 Å². The van der Waals surface area contributed by atoms with Crippen LogP contribution in [0.25, 0.3) is 27.8 Å². The SMILES string of the molecule is N#Cc1[nH]nnc1-c1cccc2c1c(Cl)cn2-c1ccc(F)c(F)c1. The molecule has 8 heteroatoms.